The van der Waals surface area contributed by atoms with Crippen LogP contribution in [0, 0.1) is 6.92 Å². The minimum Gasteiger partial charge on any atom is -0.372 e. The Morgan fingerprint density at radius 3 is 2.59 bits per heavy atom. The lowest BCUT2D eigenvalue weighted by Crippen LogP contribution is -2.22. The number of benzene rings is 2. The van der Waals surface area contributed by atoms with Crippen molar-refractivity contribution in [3.8, 4) is 11.3 Å². The smallest absolute Gasteiger partial charge is 0.227 e. The van der Waals surface area contributed by atoms with Gasteiger partial charge in [0.15, 0.2) is 0 Å². The summed E-state index contributed by atoms with van der Waals surface area (Å²) in [7, 11) is 0. The Balaban J connectivity index is 1.29. The van der Waals surface area contributed by atoms with Crippen LogP contribution in [0.3, 0.4) is 0 Å². The molecule has 41 heavy (non-hydrogen) atoms. The molecule has 1 aliphatic carbocycles. The first-order valence-corrected chi connectivity index (χ1v) is 15.6. The number of hydrogen-bond donors (Lipinski definition) is 2. The van der Waals surface area contributed by atoms with Crippen LogP contribution in [0.4, 0.5) is 17.3 Å². The second kappa shape index (κ2) is 13.2. The lowest BCUT2D eigenvalue weighted by Gasteiger charge is -2.25. The standard InChI is InChI=1S/C35H41N5S/c1-6-8-22-40(7-2)26(5)27-16-18-29(19-17-27)38-35-36-21-20-32(39-35)30-13-11-14-31(24(30)3)37-25(4)34-23-28-12-9-10-15-33(28)41-34/h11,13-14,16-21,23,37H,4-10,12,15,22H2,1-3H3,(H,36,38,39). The van der Waals surface area contributed by atoms with E-state index < -0.39 is 0 Å². The normalized spacial score (nSPS) is 12.5. The van der Waals surface area contributed by atoms with Gasteiger partial charge in [-0.3, -0.25) is 0 Å². The molecule has 0 radical (unpaired) electrons. The fraction of sp³-hybridized carbons (Fsp3) is 0.314. The molecule has 0 saturated heterocycles. The molecule has 0 spiro atoms. The highest BCUT2D eigenvalue weighted by molar-refractivity contribution is 7.13. The largest absolute Gasteiger partial charge is 0.372 e. The molecule has 212 valence electrons. The summed E-state index contributed by atoms with van der Waals surface area (Å²) in [5.41, 5.74) is 9.71. The summed E-state index contributed by atoms with van der Waals surface area (Å²) in [6.45, 7) is 17.2. The number of aromatic nitrogens is 2. The molecular formula is C35H41N5S. The molecule has 1 aliphatic rings. The van der Waals surface area contributed by atoms with Gasteiger partial charge in [-0.2, -0.15) is 0 Å². The van der Waals surface area contributed by atoms with Crippen molar-refractivity contribution in [1.82, 2.24) is 14.9 Å². The summed E-state index contributed by atoms with van der Waals surface area (Å²) in [6.07, 6.45) is 9.12. The molecule has 0 atom stereocenters. The summed E-state index contributed by atoms with van der Waals surface area (Å²) in [4.78, 5) is 14.4. The highest BCUT2D eigenvalue weighted by atomic mass is 32.1. The quantitative estimate of drug-likeness (QED) is 0.180. The fourth-order valence-corrected chi connectivity index (χ4v) is 6.55. The van der Waals surface area contributed by atoms with Crippen LogP contribution in [0.1, 0.15) is 66.0 Å². The molecule has 0 saturated carbocycles. The Morgan fingerprint density at radius 2 is 1.83 bits per heavy atom. The Labute approximate surface area is 249 Å². The van der Waals surface area contributed by atoms with E-state index in [1.54, 1.807) is 0 Å². The summed E-state index contributed by atoms with van der Waals surface area (Å²) in [6, 6.07) is 18.9. The zero-order valence-electron chi connectivity index (χ0n) is 24.6. The van der Waals surface area contributed by atoms with Gasteiger partial charge >= 0.3 is 0 Å². The van der Waals surface area contributed by atoms with Crippen molar-refractivity contribution in [2.24, 2.45) is 0 Å². The van der Waals surface area contributed by atoms with E-state index in [0.29, 0.717) is 5.95 Å². The van der Waals surface area contributed by atoms with Gasteiger partial charge in [0.1, 0.15) is 0 Å². The number of rotatable bonds is 12. The second-order valence-electron chi connectivity index (χ2n) is 10.7. The van der Waals surface area contributed by atoms with Gasteiger partial charge in [-0.05, 0) is 93.0 Å². The lowest BCUT2D eigenvalue weighted by molar-refractivity contribution is 0.408. The lowest BCUT2D eigenvalue weighted by atomic mass is 9.99. The molecule has 4 aromatic rings. The Hall–Kier alpha value is -3.90. The molecule has 0 fully saturated rings. The molecule has 0 aliphatic heterocycles. The number of aryl methyl sites for hydroxylation is 2. The molecule has 0 bridgehead atoms. The van der Waals surface area contributed by atoms with Gasteiger partial charge in [0.2, 0.25) is 5.95 Å². The number of fused-ring (bicyclic) bond motifs is 1. The average Bonchev–Trinajstić information content (AvgIpc) is 3.44. The van der Waals surface area contributed by atoms with Crippen LogP contribution >= 0.6 is 11.3 Å². The van der Waals surface area contributed by atoms with Gasteiger partial charge in [0.25, 0.3) is 0 Å². The van der Waals surface area contributed by atoms with Gasteiger partial charge in [0, 0.05) is 52.5 Å². The maximum atomic E-state index is 4.86. The highest BCUT2D eigenvalue weighted by Crippen LogP contribution is 2.35. The van der Waals surface area contributed by atoms with Crippen LogP contribution in [0.2, 0.25) is 0 Å². The van der Waals surface area contributed by atoms with Crippen LogP contribution in [-0.4, -0.2) is 28.0 Å². The van der Waals surface area contributed by atoms with Gasteiger partial charge in [0.05, 0.1) is 10.6 Å². The van der Waals surface area contributed by atoms with Crippen LogP contribution < -0.4 is 10.6 Å². The summed E-state index contributed by atoms with van der Waals surface area (Å²) >= 11 is 1.88. The van der Waals surface area contributed by atoms with Gasteiger partial charge in [-0.1, -0.05) is 50.8 Å². The monoisotopic (exact) mass is 563 g/mol. The van der Waals surface area contributed by atoms with Crippen molar-refractivity contribution in [3.63, 3.8) is 0 Å². The Morgan fingerprint density at radius 1 is 1.02 bits per heavy atom. The SMILES string of the molecule is C=C(Nc1cccc(-c2ccnc(Nc3ccc(C(=C)N(CC)CCCC)cc3)n2)c1C)c1cc2c(s1)CCCC2. The molecule has 0 amide bonds. The van der Waals surface area contributed by atoms with Crippen molar-refractivity contribution in [2.45, 2.75) is 59.3 Å². The van der Waals surface area contributed by atoms with Crippen LogP contribution in [-0.2, 0) is 12.8 Å². The van der Waals surface area contributed by atoms with Crippen LogP contribution in [0.25, 0.3) is 22.7 Å². The number of anilines is 3. The molecule has 2 aromatic carbocycles. The third kappa shape index (κ3) is 6.71. The number of nitrogens with zero attached hydrogens (tertiary/aromatic N) is 3. The van der Waals surface area contributed by atoms with E-state index >= 15 is 0 Å². The van der Waals surface area contributed by atoms with E-state index in [-0.39, 0.29) is 0 Å². The molecule has 6 heteroatoms. The first kappa shape index (κ1) is 28.6. The van der Waals surface area contributed by atoms with Crippen LogP contribution in [0.15, 0.2) is 74.0 Å². The van der Waals surface area contributed by atoms with Gasteiger partial charge < -0.3 is 15.5 Å². The average molecular weight is 564 g/mol. The first-order valence-electron chi connectivity index (χ1n) is 14.8. The van der Waals surface area contributed by atoms with E-state index in [2.05, 4.69) is 103 Å². The van der Waals surface area contributed by atoms with Crippen molar-refractivity contribution < 1.29 is 0 Å². The minimum absolute atomic E-state index is 0.568. The van der Waals surface area contributed by atoms with E-state index in [9.17, 15) is 0 Å². The zero-order chi connectivity index (χ0) is 28.8. The van der Waals surface area contributed by atoms with E-state index in [1.807, 2.05) is 23.6 Å². The molecule has 2 N–H and O–H groups in total. The molecular weight excluding hydrogens is 522 g/mol. The van der Waals surface area contributed by atoms with Crippen molar-refractivity contribution in [2.75, 3.05) is 23.7 Å². The Kier molecular flexibility index (Phi) is 9.20. The topological polar surface area (TPSA) is 53.1 Å². The maximum Gasteiger partial charge on any atom is 0.227 e. The van der Waals surface area contributed by atoms with Crippen molar-refractivity contribution in [3.05, 3.63) is 100 Å². The molecule has 2 aromatic heterocycles. The van der Waals surface area contributed by atoms with Crippen LogP contribution in [0.5, 0.6) is 0 Å². The fourth-order valence-electron chi connectivity index (χ4n) is 5.37. The summed E-state index contributed by atoms with van der Waals surface area (Å²) in [5, 5.41) is 6.96. The van der Waals surface area contributed by atoms with Gasteiger partial charge in [-0.15, -0.1) is 11.3 Å². The summed E-state index contributed by atoms with van der Waals surface area (Å²) in [5.74, 6) is 0.568. The number of unbranched alkanes of at least 4 members (excludes halogenated alkanes) is 1. The third-order valence-corrected chi connectivity index (χ3v) is 9.16. The molecule has 5 rings (SSSR count). The van der Waals surface area contributed by atoms with Crippen molar-refractivity contribution in [1.29, 1.82) is 0 Å². The minimum atomic E-state index is 0.568. The number of thiophene rings is 1. The number of hydrogen-bond acceptors (Lipinski definition) is 6. The second-order valence-corrected chi connectivity index (χ2v) is 11.8. The predicted molar refractivity (Wildman–Crippen MR) is 177 cm³/mol. The predicted octanol–water partition coefficient (Wildman–Crippen LogP) is 9.31. The number of nitrogens with one attached hydrogen (secondary N) is 2. The summed E-state index contributed by atoms with van der Waals surface area (Å²) < 4.78 is 0. The van der Waals surface area contributed by atoms with Crippen molar-refractivity contribution >= 4 is 40.1 Å². The highest BCUT2D eigenvalue weighted by Gasteiger charge is 2.16. The maximum absolute atomic E-state index is 4.86. The van der Waals surface area contributed by atoms with E-state index in [1.165, 1.54) is 53.8 Å². The van der Waals surface area contributed by atoms with E-state index in [4.69, 9.17) is 4.98 Å². The first-order chi connectivity index (χ1) is 20.0. The third-order valence-electron chi connectivity index (χ3n) is 7.86. The molecule has 5 nitrogen and oxygen atoms in total. The van der Waals surface area contributed by atoms with E-state index in [0.717, 1.165) is 58.2 Å². The molecule has 0 unspecified atom stereocenters. The Bertz CT molecular complexity index is 1490. The van der Waals surface area contributed by atoms with Gasteiger partial charge in [-0.25, -0.2) is 9.97 Å². The molecule has 2 heterocycles. The zero-order valence-corrected chi connectivity index (χ0v) is 25.4.